The number of ether oxygens (including phenoxy) is 1. The highest BCUT2D eigenvalue weighted by Gasteiger charge is 2.15. The van der Waals surface area contributed by atoms with E-state index in [2.05, 4.69) is 15.0 Å². The van der Waals surface area contributed by atoms with Gasteiger partial charge in [0, 0.05) is 0 Å². The van der Waals surface area contributed by atoms with Gasteiger partial charge in [-0.3, -0.25) is 0 Å². The van der Waals surface area contributed by atoms with E-state index in [1.807, 2.05) is 13.8 Å². The molecule has 2 rings (SSSR count). The summed E-state index contributed by atoms with van der Waals surface area (Å²) in [4.78, 5) is 12.2. The first kappa shape index (κ1) is 11.7. The number of nitrogen functional groups attached to an aromatic ring is 1. The molecule has 0 aromatic carbocycles. The summed E-state index contributed by atoms with van der Waals surface area (Å²) in [7, 11) is 1.52. The van der Waals surface area contributed by atoms with E-state index in [0.717, 1.165) is 11.5 Å². The molecule has 2 aromatic rings. The summed E-state index contributed by atoms with van der Waals surface area (Å²) in [6, 6.07) is 0. The molecule has 0 spiro atoms. The molecule has 0 unspecified atom stereocenters. The largest absolute Gasteiger partial charge is 0.490 e. The second kappa shape index (κ2) is 4.62. The Hall–Kier alpha value is -1.76. The molecule has 0 saturated carbocycles. The molecule has 90 valence electrons. The van der Waals surface area contributed by atoms with Crippen molar-refractivity contribution in [2.45, 2.75) is 24.1 Å². The number of oxazole rings is 1. The van der Waals surface area contributed by atoms with Gasteiger partial charge in [-0.2, -0.15) is 0 Å². The van der Waals surface area contributed by atoms with Gasteiger partial charge in [-0.05, 0) is 25.6 Å². The predicted octanol–water partition coefficient (Wildman–Crippen LogP) is 1.82. The topological polar surface area (TPSA) is 87.1 Å². The fourth-order valence-corrected chi connectivity index (χ4v) is 2.10. The number of rotatable bonds is 3. The molecule has 0 atom stereocenters. The Bertz CT molecular complexity index is 522. The SMILES string of the molecule is COc1c(N)ncnc1Sc1nc(C)c(C)o1. The van der Waals surface area contributed by atoms with Crippen molar-refractivity contribution < 1.29 is 9.15 Å². The molecule has 0 saturated heterocycles. The van der Waals surface area contributed by atoms with Gasteiger partial charge in [0.05, 0.1) is 12.8 Å². The maximum atomic E-state index is 5.68. The third-order valence-corrected chi connectivity index (χ3v) is 3.03. The zero-order chi connectivity index (χ0) is 12.4. The van der Waals surface area contributed by atoms with Gasteiger partial charge < -0.3 is 14.9 Å². The minimum Gasteiger partial charge on any atom is -0.490 e. The molecule has 6 nitrogen and oxygen atoms in total. The summed E-state index contributed by atoms with van der Waals surface area (Å²) in [6.07, 6.45) is 1.38. The average Bonchev–Trinajstić information content (AvgIpc) is 2.58. The van der Waals surface area contributed by atoms with Crippen LogP contribution < -0.4 is 10.5 Å². The standard InChI is InChI=1S/C10H12N4O2S/c1-5-6(2)16-10(14-5)17-9-7(15-3)8(11)12-4-13-9/h4H,1-3H3,(H2,11,12,13). The summed E-state index contributed by atoms with van der Waals surface area (Å²) < 4.78 is 10.6. The van der Waals surface area contributed by atoms with E-state index in [1.165, 1.54) is 25.2 Å². The maximum absolute atomic E-state index is 5.68. The van der Waals surface area contributed by atoms with Gasteiger partial charge in [-0.1, -0.05) is 0 Å². The van der Waals surface area contributed by atoms with Crippen molar-refractivity contribution in [2.75, 3.05) is 12.8 Å². The summed E-state index contributed by atoms with van der Waals surface area (Å²) in [6.45, 7) is 3.74. The Morgan fingerprint density at radius 2 is 2.12 bits per heavy atom. The Labute approximate surface area is 103 Å². The van der Waals surface area contributed by atoms with Crippen LogP contribution in [-0.2, 0) is 0 Å². The van der Waals surface area contributed by atoms with Crippen molar-refractivity contribution in [3.8, 4) is 5.75 Å². The molecule has 7 heteroatoms. The molecule has 0 aliphatic rings. The van der Waals surface area contributed by atoms with Crippen LogP contribution in [0.2, 0.25) is 0 Å². The van der Waals surface area contributed by atoms with E-state index in [0.29, 0.717) is 21.8 Å². The number of aryl methyl sites for hydroxylation is 2. The van der Waals surface area contributed by atoms with Crippen molar-refractivity contribution in [1.29, 1.82) is 0 Å². The first-order valence-corrected chi connectivity index (χ1v) is 5.69. The monoisotopic (exact) mass is 252 g/mol. The molecule has 0 radical (unpaired) electrons. The number of nitrogens with two attached hydrogens (primary N) is 1. The van der Waals surface area contributed by atoms with E-state index in [4.69, 9.17) is 14.9 Å². The van der Waals surface area contributed by atoms with Gasteiger partial charge >= 0.3 is 0 Å². The van der Waals surface area contributed by atoms with Gasteiger partial charge in [0.2, 0.25) is 0 Å². The van der Waals surface area contributed by atoms with Crippen molar-refractivity contribution in [3.63, 3.8) is 0 Å². The summed E-state index contributed by atoms with van der Waals surface area (Å²) >= 11 is 1.25. The predicted molar refractivity (Wildman–Crippen MR) is 63.1 cm³/mol. The molecule has 2 N–H and O–H groups in total. The second-order valence-corrected chi connectivity index (χ2v) is 4.26. The second-order valence-electron chi connectivity index (χ2n) is 3.32. The number of anilines is 1. The maximum Gasteiger partial charge on any atom is 0.262 e. The number of aromatic nitrogens is 3. The lowest BCUT2D eigenvalue weighted by Gasteiger charge is -2.06. The van der Waals surface area contributed by atoms with E-state index in [9.17, 15) is 0 Å². The molecule has 17 heavy (non-hydrogen) atoms. The molecule has 0 aliphatic carbocycles. The van der Waals surface area contributed by atoms with Crippen LogP contribution in [0.1, 0.15) is 11.5 Å². The van der Waals surface area contributed by atoms with Crippen LogP contribution >= 0.6 is 11.8 Å². The molecule has 0 bridgehead atoms. The highest BCUT2D eigenvalue weighted by Crippen LogP contribution is 2.35. The van der Waals surface area contributed by atoms with Crippen LogP contribution in [0.5, 0.6) is 5.75 Å². The van der Waals surface area contributed by atoms with Gasteiger partial charge in [0.15, 0.2) is 16.6 Å². The number of hydrogen-bond acceptors (Lipinski definition) is 7. The van der Waals surface area contributed by atoms with Crippen LogP contribution in [0.25, 0.3) is 0 Å². The molecule has 0 amide bonds. The number of methoxy groups -OCH3 is 1. The van der Waals surface area contributed by atoms with Crippen LogP contribution in [0.3, 0.4) is 0 Å². The van der Waals surface area contributed by atoms with E-state index < -0.39 is 0 Å². The fourth-order valence-electron chi connectivity index (χ4n) is 1.20. The van der Waals surface area contributed by atoms with Crippen molar-refractivity contribution in [2.24, 2.45) is 0 Å². The summed E-state index contributed by atoms with van der Waals surface area (Å²) in [5, 5.41) is 1.10. The molecular weight excluding hydrogens is 240 g/mol. The summed E-state index contributed by atoms with van der Waals surface area (Å²) in [5.74, 6) is 1.52. The lowest BCUT2D eigenvalue weighted by atomic mass is 10.4. The van der Waals surface area contributed by atoms with E-state index in [1.54, 1.807) is 0 Å². The third kappa shape index (κ3) is 2.33. The van der Waals surface area contributed by atoms with Gasteiger partial charge in [-0.15, -0.1) is 0 Å². The fraction of sp³-hybridized carbons (Fsp3) is 0.300. The minimum absolute atomic E-state index is 0.296. The van der Waals surface area contributed by atoms with Gasteiger partial charge in [0.25, 0.3) is 5.22 Å². The number of nitrogens with zero attached hydrogens (tertiary/aromatic N) is 3. The first-order valence-electron chi connectivity index (χ1n) is 4.88. The molecule has 0 aliphatic heterocycles. The molecular formula is C10H12N4O2S. The van der Waals surface area contributed by atoms with Gasteiger partial charge in [0.1, 0.15) is 12.1 Å². The van der Waals surface area contributed by atoms with E-state index >= 15 is 0 Å². The zero-order valence-corrected chi connectivity index (χ0v) is 10.5. The van der Waals surface area contributed by atoms with Crippen molar-refractivity contribution in [1.82, 2.24) is 15.0 Å². The molecule has 2 heterocycles. The zero-order valence-electron chi connectivity index (χ0n) is 9.72. The van der Waals surface area contributed by atoms with E-state index in [-0.39, 0.29) is 0 Å². The molecule has 0 fully saturated rings. The highest BCUT2D eigenvalue weighted by atomic mass is 32.2. The summed E-state index contributed by atoms with van der Waals surface area (Å²) in [5.41, 5.74) is 6.54. The van der Waals surface area contributed by atoms with Crippen LogP contribution in [0.15, 0.2) is 21.0 Å². The van der Waals surface area contributed by atoms with Crippen LogP contribution in [0, 0.1) is 13.8 Å². The van der Waals surface area contributed by atoms with Crippen molar-refractivity contribution >= 4 is 17.6 Å². The Balaban J connectivity index is 2.32. The molecule has 2 aromatic heterocycles. The lowest BCUT2D eigenvalue weighted by molar-refractivity contribution is 0.399. The number of hydrogen-bond donors (Lipinski definition) is 1. The Morgan fingerprint density at radius 1 is 1.35 bits per heavy atom. The smallest absolute Gasteiger partial charge is 0.262 e. The average molecular weight is 252 g/mol. The Morgan fingerprint density at radius 3 is 2.71 bits per heavy atom. The minimum atomic E-state index is 0.296. The highest BCUT2D eigenvalue weighted by molar-refractivity contribution is 7.99. The van der Waals surface area contributed by atoms with Crippen LogP contribution in [0.4, 0.5) is 5.82 Å². The first-order chi connectivity index (χ1) is 8.11. The Kier molecular flexibility index (Phi) is 3.19. The van der Waals surface area contributed by atoms with Crippen molar-refractivity contribution in [3.05, 3.63) is 17.8 Å². The van der Waals surface area contributed by atoms with Crippen LogP contribution in [-0.4, -0.2) is 22.1 Å². The quantitative estimate of drug-likeness (QED) is 0.833. The normalized spacial score (nSPS) is 10.5. The lowest BCUT2D eigenvalue weighted by Crippen LogP contribution is -1.98. The third-order valence-electron chi connectivity index (χ3n) is 2.20. The van der Waals surface area contributed by atoms with Gasteiger partial charge in [-0.25, -0.2) is 15.0 Å².